The summed E-state index contributed by atoms with van der Waals surface area (Å²) in [5.74, 6) is 0.440. The summed E-state index contributed by atoms with van der Waals surface area (Å²) in [5.41, 5.74) is 1.00. The van der Waals surface area contributed by atoms with Gasteiger partial charge in [0.25, 0.3) is 0 Å². The summed E-state index contributed by atoms with van der Waals surface area (Å²) in [4.78, 5) is 42.1. The fourth-order valence-corrected chi connectivity index (χ4v) is 8.93. The monoisotopic (exact) mass is 708 g/mol. The van der Waals surface area contributed by atoms with Crippen LogP contribution in [-0.2, 0) is 4.79 Å². The lowest BCUT2D eigenvalue weighted by Crippen LogP contribution is -2.48. The van der Waals surface area contributed by atoms with Crippen LogP contribution in [0, 0.1) is 12.7 Å². The molecule has 0 aliphatic carbocycles. The first-order chi connectivity index (χ1) is 24.8. The van der Waals surface area contributed by atoms with Gasteiger partial charge in [0.15, 0.2) is 5.82 Å². The summed E-state index contributed by atoms with van der Waals surface area (Å²) < 4.78 is 37.8. The number of halogens is 3. The van der Waals surface area contributed by atoms with E-state index in [2.05, 4.69) is 29.7 Å². The molecule has 3 aromatic heterocycles. The molecule has 13 heteroatoms. The Bertz CT molecular complexity index is 2230. The number of aryl methyl sites for hydroxylation is 1. The van der Waals surface area contributed by atoms with Crippen LogP contribution in [0.5, 0.6) is 6.01 Å². The van der Waals surface area contributed by atoms with Gasteiger partial charge in [0.1, 0.15) is 35.6 Å². The predicted molar refractivity (Wildman–Crippen MR) is 191 cm³/mol. The van der Waals surface area contributed by atoms with Gasteiger partial charge in [-0.25, -0.2) is 18.7 Å². The van der Waals surface area contributed by atoms with E-state index in [0.29, 0.717) is 64.7 Å². The molecule has 9 rings (SSSR count). The first-order valence-electron chi connectivity index (χ1n) is 17.4. The van der Waals surface area contributed by atoms with E-state index in [9.17, 15) is 9.18 Å². The molecule has 0 N–H and O–H groups in total. The second-order valence-corrected chi connectivity index (χ2v) is 14.5. The van der Waals surface area contributed by atoms with Crippen molar-refractivity contribution in [2.45, 2.75) is 56.4 Å². The zero-order chi connectivity index (χ0) is 34.9. The summed E-state index contributed by atoms with van der Waals surface area (Å²) in [6, 6.07) is 12.8. The van der Waals surface area contributed by atoms with Crippen molar-refractivity contribution in [2.24, 2.45) is 0 Å². The highest BCUT2D eigenvalue weighted by Gasteiger charge is 2.50. The van der Waals surface area contributed by atoms with Gasteiger partial charge in [-0.05, 0) is 56.3 Å². The van der Waals surface area contributed by atoms with Crippen molar-refractivity contribution < 1.29 is 18.3 Å². The Balaban J connectivity index is 1.07. The first-order valence-corrected chi connectivity index (χ1v) is 17.7. The molecular weight excluding hydrogens is 674 g/mol. The van der Waals surface area contributed by atoms with Crippen molar-refractivity contribution in [1.82, 2.24) is 34.7 Å². The van der Waals surface area contributed by atoms with Gasteiger partial charge >= 0.3 is 6.01 Å². The van der Waals surface area contributed by atoms with Gasteiger partial charge in [-0.1, -0.05) is 41.9 Å². The van der Waals surface area contributed by atoms with Crippen LogP contribution >= 0.6 is 11.6 Å². The number of carbonyl (C=O) groups is 1. The summed E-state index contributed by atoms with van der Waals surface area (Å²) in [5, 5.41) is 2.51. The Morgan fingerprint density at radius 1 is 1.08 bits per heavy atom. The number of amides is 1. The Kier molecular flexibility index (Phi) is 7.84. The van der Waals surface area contributed by atoms with E-state index >= 15 is 4.39 Å². The zero-order valence-corrected chi connectivity index (χ0v) is 28.7. The molecule has 10 nitrogen and oxygen atoms in total. The lowest BCUT2D eigenvalue weighted by atomic mass is 9.95. The number of hydrogen-bond acceptors (Lipinski definition) is 9. The van der Waals surface area contributed by atoms with Gasteiger partial charge in [0, 0.05) is 60.5 Å². The van der Waals surface area contributed by atoms with Gasteiger partial charge in [-0.2, -0.15) is 9.97 Å². The van der Waals surface area contributed by atoms with E-state index in [-0.39, 0.29) is 41.8 Å². The number of likely N-dealkylation sites (tertiary alicyclic amines) is 1. The quantitative estimate of drug-likeness (QED) is 0.183. The molecule has 4 aliphatic heterocycles. The van der Waals surface area contributed by atoms with Crippen LogP contribution in [0.25, 0.3) is 39.0 Å². The third-order valence-electron chi connectivity index (χ3n) is 11.0. The van der Waals surface area contributed by atoms with Gasteiger partial charge in [0.2, 0.25) is 5.91 Å². The molecule has 4 atom stereocenters. The normalized spacial score (nSPS) is 24.4. The molecule has 7 heterocycles. The topological polar surface area (TPSA) is 100 Å². The number of hydrogen-bond donors (Lipinski definition) is 0. The molecule has 51 heavy (non-hydrogen) atoms. The van der Waals surface area contributed by atoms with Crippen LogP contribution in [0.3, 0.4) is 0 Å². The highest BCUT2D eigenvalue weighted by atomic mass is 35.5. The van der Waals surface area contributed by atoms with Gasteiger partial charge in [-0.15, -0.1) is 0 Å². The fraction of sp³-hybridized carbons (Fsp3) is 0.368. The zero-order valence-electron chi connectivity index (χ0n) is 28.0. The van der Waals surface area contributed by atoms with Gasteiger partial charge in [0.05, 0.1) is 28.7 Å². The van der Waals surface area contributed by atoms with E-state index in [1.54, 1.807) is 49.7 Å². The van der Waals surface area contributed by atoms with Crippen molar-refractivity contribution in [3.05, 3.63) is 83.3 Å². The van der Waals surface area contributed by atoms with Crippen LogP contribution in [0.15, 0.2) is 60.9 Å². The minimum Gasteiger partial charge on any atom is -0.461 e. The molecule has 2 aromatic carbocycles. The number of pyridine rings is 1. The molecule has 0 saturated carbocycles. The van der Waals surface area contributed by atoms with E-state index < -0.39 is 17.5 Å². The highest BCUT2D eigenvalue weighted by Crippen LogP contribution is 2.43. The molecule has 5 aromatic rings. The SMILES string of the molecule is Cc1nccc(/C=C/C(=O)N2C[C@@H]3C[C@H]2CN3c2nc(OC[C@@]34CCCN3C[C@H](F)C4)nc3c(F)c(-c4cccc5cccc(Cl)c45)ncc23)n1. The molecule has 260 valence electrons. The second-order valence-electron chi connectivity index (χ2n) is 14.1. The largest absolute Gasteiger partial charge is 0.461 e. The maximum atomic E-state index is 16.9. The first kappa shape index (κ1) is 32.1. The maximum Gasteiger partial charge on any atom is 0.319 e. The number of aromatic nitrogens is 5. The number of alkyl halides is 1. The number of rotatable bonds is 7. The summed E-state index contributed by atoms with van der Waals surface area (Å²) >= 11 is 6.63. The van der Waals surface area contributed by atoms with E-state index in [4.69, 9.17) is 21.3 Å². The van der Waals surface area contributed by atoms with Crippen LogP contribution in [-0.4, -0.2) is 97.2 Å². The van der Waals surface area contributed by atoms with Crippen molar-refractivity contribution in [3.63, 3.8) is 0 Å². The molecule has 1 amide bonds. The number of piperazine rings is 1. The van der Waals surface area contributed by atoms with E-state index in [0.717, 1.165) is 31.2 Å². The molecule has 4 fully saturated rings. The van der Waals surface area contributed by atoms with Gasteiger partial charge < -0.3 is 14.5 Å². The van der Waals surface area contributed by atoms with Crippen LogP contribution in [0.4, 0.5) is 14.6 Å². The summed E-state index contributed by atoms with van der Waals surface area (Å²) in [6.07, 6.45) is 8.56. The third kappa shape index (κ3) is 5.55. The van der Waals surface area contributed by atoms with E-state index in [1.807, 2.05) is 29.2 Å². The molecule has 0 unspecified atom stereocenters. The molecule has 2 bridgehead atoms. The Hall–Kier alpha value is -4.81. The minimum atomic E-state index is -0.911. The van der Waals surface area contributed by atoms with Crippen LogP contribution in [0.2, 0.25) is 5.02 Å². The van der Waals surface area contributed by atoms with Crippen molar-refractivity contribution in [1.29, 1.82) is 0 Å². The molecule has 4 saturated heterocycles. The average Bonchev–Trinajstić information content (AvgIpc) is 3.90. The number of carbonyl (C=O) groups excluding carboxylic acids is 1. The van der Waals surface area contributed by atoms with Gasteiger partial charge in [-0.3, -0.25) is 14.7 Å². The summed E-state index contributed by atoms with van der Waals surface area (Å²) in [7, 11) is 0. The second kappa shape index (κ2) is 12.4. The number of fused-ring (bicyclic) bond motifs is 5. The predicted octanol–water partition coefficient (Wildman–Crippen LogP) is 6.19. The number of ether oxygens (including phenoxy) is 1. The number of benzene rings is 2. The fourth-order valence-electron chi connectivity index (χ4n) is 8.65. The summed E-state index contributed by atoms with van der Waals surface area (Å²) in [6.45, 7) is 4.22. The van der Waals surface area contributed by atoms with Crippen LogP contribution < -0.4 is 9.64 Å². The van der Waals surface area contributed by atoms with Crippen molar-refractivity contribution >= 4 is 51.1 Å². The van der Waals surface area contributed by atoms with Crippen molar-refractivity contribution in [2.75, 3.05) is 37.7 Å². The smallest absolute Gasteiger partial charge is 0.319 e. The molecular formula is C38H35ClF2N8O2. The van der Waals surface area contributed by atoms with Crippen molar-refractivity contribution in [3.8, 4) is 17.3 Å². The molecule has 0 radical (unpaired) electrons. The van der Waals surface area contributed by atoms with Crippen LogP contribution in [0.1, 0.15) is 37.2 Å². The molecule has 0 spiro atoms. The maximum absolute atomic E-state index is 16.9. The third-order valence-corrected chi connectivity index (χ3v) is 11.3. The number of anilines is 1. The lowest BCUT2D eigenvalue weighted by molar-refractivity contribution is -0.126. The lowest BCUT2D eigenvalue weighted by Gasteiger charge is -2.35. The highest BCUT2D eigenvalue weighted by molar-refractivity contribution is 6.36. The van der Waals surface area contributed by atoms with E-state index in [1.165, 1.54) is 0 Å². The minimum absolute atomic E-state index is 0.0341. The molecule has 4 aliphatic rings. The Labute approximate surface area is 298 Å². The number of nitrogens with zero attached hydrogens (tertiary/aromatic N) is 8. The standard InChI is InChI=1S/C38H35ClF2N8O2/c1-22-42-13-11-25(44-22)9-10-31(50)48-19-27-15-26(48)20-49(27)36-29-17-43-34(28-7-2-5-23-6-3-8-30(39)32(23)28)33(41)35(29)45-37(46-36)51-21-38-12-4-14-47(38)18-24(40)16-38/h2-3,5-11,13,17,24,26-27H,4,12,14-16,18-21H2,1H3/b10-9+/t24-,26+,27+,38+/m1/s1. The average molecular weight is 709 g/mol. The Morgan fingerprint density at radius 2 is 1.94 bits per heavy atom. The Morgan fingerprint density at radius 3 is 2.76 bits per heavy atom.